The van der Waals surface area contributed by atoms with Crippen molar-refractivity contribution in [2.45, 2.75) is 129 Å². The highest BCUT2D eigenvalue weighted by Crippen LogP contribution is 2.35. The van der Waals surface area contributed by atoms with Crippen molar-refractivity contribution in [3.8, 4) is 0 Å². The maximum atomic E-state index is 12.7. The Balaban J connectivity index is 0.000000324. The van der Waals surface area contributed by atoms with Gasteiger partial charge in [-0.15, -0.1) is 0 Å². The Labute approximate surface area is 513 Å². The van der Waals surface area contributed by atoms with Crippen LogP contribution in [0, 0.1) is 0 Å². The molecule has 4 fully saturated rings. The number of likely N-dealkylation sites (tertiary alicyclic amines) is 1. The van der Waals surface area contributed by atoms with E-state index in [0.29, 0.717) is 31.8 Å². The monoisotopic (exact) mass is 1010 g/mol. The fourth-order valence-electron chi connectivity index (χ4n) is 12.4. The fourth-order valence-corrected chi connectivity index (χ4v) is 12.4. The highest BCUT2D eigenvalue weighted by Gasteiger charge is 2.54. The number of hydrogen-bond acceptors (Lipinski definition) is 6. The van der Waals surface area contributed by atoms with E-state index >= 15 is 0 Å². The highest BCUT2D eigenvalue weighted by atomic mass is 16.6. The fraction of sp³-hybridized carbons (Fsp3) is 0.595. The van der Waals surface area contributed by atoms with Crippen LogP contribution in [0.4, 0.5) is 14.4 Å². The SMILES string of the molecule is C.CC(C)(C)OC(=O)N1CCC2CCC(C1)N2C(=O)OCc1ccccc1.O=C(OCc1ccccc1)N1C2CCCCC1CC2.[B]B([B])B(B([B])[B])B(B([B])[B])B(B(B([B])[B])B([B])[B])B(B(B([B])[B])B([B])[B])B(B([B])[B])B([B])[B]. The molecule has 4 aliphatic rings. The second-order valence-corrected chi connectivity index (χ2v) is 22.9. The van der Waals surface area contributed by atoms with Crippen molar-refractivity contribution in [1.82, 2.24) is 14.7 Å². The average Bonchev–Trinajstić information content (AvgIpc) is 3.81. The molecule has 4 atom stereocenters. The largest absolute Gasteiger partial charge is 0.445 e. The summed E-state index contributed by atoms with van der Waals surface area (Å²) in [7, 11) is 110. The summed E-state index contributed by atoms with van der Waals surface area (Å²) in [5, 5.41) is 0. The molecule has 4 heterocycles. The summed E-state index contributed by atoms with van der Waals surface area (Å²) >= 11 is 0. The Hall–Kier alpha value is -1.54. The quantitative estimate of drug-likeness (QED) is 0.104. The van der Waals surface area contributed by atoms with E-state index in [-0.39, 0.29) is 44.4 Å². The van der Waals surface area contributed by atoms with E-state index in [1.807, 2.05) is 91.2 Å². The molecule has 2 aromatic rings. The number of hydrogen-bond donors (Lipinski definition) is 0. The molecule has 80 heavy (non-hydrogen) atoms. The summed E-state index contributed by atoms with van der Waals surface area (Å²) < 4.78 is 16.5. The van der Waals surface area contributed by atoms with Gasteiger partial charge in [0.25, 0.3) is 0 Å². The van der Waals surface area contributed by atoms with Gasteiger partial charge < -0.3 is 28.9 Å². The molecule has 6 rings (SSSR count). The number of carbonyl (C=O) groups excluding carboxylic acids is 3. The van der Waals surface area contributed by atoms with E-state index in [2.05, 4.69) is 0 Å². The van der Waals surface area contributed by atoms with E-state index in [1.165, 1.54) is 12.8 Å². The van der Waals surface area contributed by atoms with Crippen molar-refractivity contribution in [3.63, 3.8) is 0 Å². The number of carbonyl (C=O) groups is 3. The summed E-state index contributed by atoms with van der Waals surface area (Å²) in [6.07, 6.45) is -7.65. The van der Waals surface area contributed by atoms with Gasteiger partial charge in [-0.3, -0.25) is 0 Å². The van der Waals surface area contributed by atoms with Gasteiger partial charge in [0.2, 0.25) is 0 Å². The van der Waals surface area contributed by atoms with E-state index in [0.717, 1.165) is 56.1 Å². The molecule has 9 nitrogen and oxygen atoms in total. The first-order valence-corrected chi connectivity index (χ1v) is 27.6. The number of nitrogens with zero attached hydrogens (tertiary/aromatic N) is 3. The number of fused-ring (bicyclic) bond motifs is 4. The van der Waals surface area contributed by atoms with Gasteiger partial charge >= 0.3 is 18.3 Å². The lowest BCUT2D eigenvalue weighted by Gasteiger charge is -2.52. The first-order chi connectivity index (χ1) is 37.1. The van der Waals surface area contributed by atoms with Gasteiger partial charge in [-0.2, -0.15) is 0 Å². The molecular weight excluding hydrogens is 950 g/mol. The molecule has 4 aliphatic heterocycles. The third-order valence-electron chi connectivity index (χ3n) is 15.9. The number of rotatable bonds is 19. The zero-order chi connectivity index (χ0) is 59.1. The number of ether oxygens (including phenoxy) is 3. The van der Waals surface area contributed by atoms with Crippen LogP contribution in [0.5, 0.6) is 0 Å². The van der Waals surface area contributed by atoms with Crippen LogP contribution in [0.2, 0.25) is 0 Å². The molecule has 2 aromatic carbocycles. The Bertz CT molecular complexity index is 2070. The Morgan fingerprint density at radius 3 is 1.06 bits per heavy atom. The van der Waals surface area contributed by atoms with Gasteiger partial charge in [0.15, 0.2) is 0 Å². The molecule has 0 aliphatic carbocycles. The van der Waals surface area contributed by atoms with Crippen molar-refractivity contribution >= 4 is 260 Å². The molecule has 4 bridgehead atoms. The maximum absolute atomic E-state index is 12.7. The molecule has 354 valence electrons. The molecule has 0 saturated carbocycles. The molecular formula is C37H53B34N3O6. The van der Waals surface area contributed by atoms with Gasteiger partial charge in [0.05, 0.1) is 6.04 Å². The third-order valence-corrected chi connectivity index (χ3v) is 15.9. The Kier molecular flexibility index (Phi) is 31.4. The first-order valence-electron chi connectivity index (χ1n) is 27.6. The zero-order valence-electron chi connectivity index (χ0n) is 46.7. The summed E-state index contributed by atoms with van der Waals surface area (Å²) in [6, 6.07) is 20.6. The lowest BCUT2D eigenvalue weighted by Crippen LogP contribution is -2.90. The summed E-state index contributed by atoms with van der Waals surface area (Å²) in [5.74, 6) is 0. The van der Waals surface area contributed by atoms with Gasteiger partial charge in [-0.1, -0.05) is 80.9 Å². The zero-order valence-corrected chi connectivity index (χ0v) is 46.7. The molecule has 0 spiro atoms. The third kappa shape index (κ3) is 21.2. The molecule has 4 saturated heterocycles. The smallest absolute Gasteiger partial charge is 0.410 e. The highest BCUT2D eigenvalue weighted by molar-refractivity contribution is 8.29. The van der Waals surface area contributed by atoms with Crippen LogP contribution in [0.3, 0.4) is 0 Å². The average molecular weight is 1000 g/mol. The standard InChI is InChI=1S/C20H28N2O4.C16H21NO2.CH4.B34/c1-20(2,3)26-18(23)21-12-11-16-9-10-17(13-21)22(16)19(24)25-14-15-7-5-4-6-8-15;18-16(19-12-13-6-2-1-3-7-13)17-14-8-4-5-9-15(17)11-10-14;;1-19(2)28(20(3)4)32(27(17)18)34(31(25(13)14)26(15)16)33(29(21(5)6)22(7)8)30(23(9)10)24(11)12/h4-8,16-17H,9-14H2,1-3H3;1-3,6-7,14-15H,4-5,8-12H2;1H4;. The molecule has 36 radical (unpaired) electrons. The first kappa shape index (κ1) is 72.7. The second kappa shape index (κ2) is 34.6. The minimum Gasteiger partial charge on any atom is -0.445 e. The number of amides is 3. The lowest BCUT2D eigenvalue weighted by molar-refractivity contribution is 0.0226. The van der Waals surface area contributed by atoms with Crippen LogP contribution in [-0.2, 0) is 27.4 Å². The molecule has 3 amide bonds. The Morgan fingerprint density at radius 2 is 0.725 bits per heavy atom. The molecule has 43 heteroatoms. The van der Waals surface area contributed by atoms with Gasteiger partial charge in [0, 0.05) is 273 Å². The van der Waals surface area contributed by atoms with Crippen molar-refractivity contribution < 1.29 is 28.6 Å². The molecule has 0 aromatic heterocycles. The van der Waals surface area contributed by atoms with Crippen molar-refractivity contribution in [3.05, 3.63) is 71.8 Å². The van der Waals surface area contributed by atoms with Crippen molar-refractivity contribution in [2.75, 3.05) is 13.1 Å². The van der Waals surface area contributed by atoms with Crippen LogP contribution in [0.1, 0.15) is 97.1 Å². The van der Waals surface area contributed by atoms with Gasteiger partial charge in [0.1, 0.15) is 18.8 Å². The summed E-state index contributed by atoms with van der Waals surface area (Å²) in [4.78, 5) is 42.9. The van der Waals surface area contributed by atoms with Crippen LogP contribution in [0.25, 0.3) is 0 Å². The van der Waals surface area contributed by atoms with Crippen molar-refractivity contribution in [1.29, 1.82) is 0 Å². The minimum absolute atomic E-state index is 0. The predicted molar refractivity (Wildman–Crippen MR) is 374 cm³/mol. The van der Waals surface area contributed by atoms with Crippen LogP contribution >= 0.6 is 0 Å². The van der Waals surface area contributed by atoms with E-state index in [4.69, 9.17) is 153 Å². The molecule has 4 unspecified atom stereocenters. The van der Waals surface area contributed by atoms with Gasteiger partial charge in [-0.25, -0.2) is 14.4 Å². The van der Waals surface area contributed by atoms with Gasteiger partial charge in [-0.05, 0) is 76.8 Å². The summed E-state index contributed by atoms with van der Waals surface area (Å²) in [6.45, 7) is 7.36. The van der Waals surface area contributed by atoms with E-state index in [9.17, 15) is 14.4 Å². The maximum Gasteiger partial charge on any atom is 0.410 e. The van der Waals surface area contributed by atoms with Crippen LogP contribution in [-0.4, -0.2) is 317 Å². The minimum atomic E-state index is -1.16. The lowest BCUT2D eigenvalue weighted by atomic mass is 8.29. The number of benzene rings is 2. The second-order valence-electron chi connectivity index (χ2n) is 22.9. The van der Waals surface area contributed by atoms with Crippen LogP contribution < -0.4 is 0 Å². The van der Waals surface area contributed by atoms with Crippen molar-refractivity contribution in [2.24, 2.45) is 0 Å². The van der Waals surface area contributed by atoms with E-state index < -0.39 is 108 Å². The topological polar surface area (TPSA) is 88.6 Å². The Morgan fingerprint density at radius 1 is 0.425 bits per heavy atom. The predicted octanol–water partition coefficient (Wildman–Crippen LogP) is -4.78. The van der Waals surface area contributed by atoms with E-state index in [1.54, 1.807) is 4.90 Å². The normalized spacial score (nSPS) is 17.6. The summed E-state index contributed by atoms with van der Waals surface area (Å²) in [5.41, 5.74) is 1.51. The molecule has 0 N–H and O–H groups in total. The van der Waals surface area contributed by atoms with Crippen LogP contribution in [0.15, 0.2) is 60.7 Å².